The number of hydrogen-bond donors (Lipinski definition) is 2. The Morgan fingerprint density at radius 3 is 2.92 bits per heavy atom. The van der Waals surface area contributed by atoms with Gasteiger partial charge < -0.3 is 10.4 Å². The van der Waals surface area contributed by atoms with Gasteiger partial charge in [0, 0.05) is 34.8 Å². The van der Waals surface area contributed by atoms with E-state index in [1.54, 1.807) is 29.7 Å². The van der Waals surface area contributed by atoms with Crippen molar-refractivity contribution in [3.05, 3.63) is 65.2 Å². The van der Waals surface area contributed by atoms with Crippen LogP contribution < -0.4 is 5.32 Å². The van der Waals surface area contributed by atoms with Crippen LogP contribution >= 0.6 is 11.3 Å². The van der Waals surface area contributed by atoms with Gasteiger partial charge in [-0.2, -0.15) is 11.3 Å². The van der Waals surface area contributed by atoms with Gasteiger partial charge in [0.2, 0.25) is 0 Å². The molecule has 0 radical (unpaired) electrons. The quantitative estimate of drug-likeness (QED) is 0.571. The molecule has 0 bridgehead atoms. The number of rotatable bonds is 5. The molecule has 0 saturated carbocycles. The van der Waals surface area contributed by atoms with Gasteiger partial charge in [0.1, 0.15) is 0 Å². The lowest BCUT2D eigenvalue weighted by Gasteiger charge is -2.07. The molecule has 0 aliphatic heterocycles. The van der Waals surface area contributed by atoms with E-state index in [1.165, 1.54) is 0 Å². The van der Waals surface area contributed by atoms with Crippen LogP contribution in [0, 0.1) is 0 Å². The second kappa shape index (κ2) is 7.07. The number of benzene rings is 1. The number of carbonyl (C=O) groups is 1. The van der Waals surface area contributed by atoms with Crippen LogP contribution in [-0.4, -0.2) is 38.5 Å². The summed E-state index contributed by atoms with van der Waals surface area (Å²) in [7, 11) is 0. The normalized spacial score (nSPS) is 11.0. The summed E-state index contributed by atoms with van der Waals surface area (Å²) in [6.07, 6.45) is 5.49. The number of carbonyl (C=O) groups excluding carboxylic acids is 1. The molecule has 1 aromatic carbocycles. The Balaban J connectivity index is 1.73. The van der Waals surface area contributed by atoms with Crippen molar-refractivity contribution in [3.63, 3.8) is 0 Å². The third kappa shape index (κ3) is 3.10. The molecule has 0 aliphatic rings. The molecule has 0 atom stereocenters. The van der Waals surface area contributed by atoms with Crippen LogP contribution in [0.1, 0.15) is 10.4 Å². The summed E-state index contributed by atoms with van der Waals surface area (Å²) in [6.45, 7) is 0.141. The maximum Gasteiger partial charge on any atom is 0.251 e. The molecule has 26 heavy (non-hydrogen) atoms. The second-order valence-electron chi connectivity index (χ2n) is 5.72. The number of aliphatic hydroxyl groups is 1. The molecule has 4 rings (SSSR count). The van der Waals surface area contributed by atoms with Gasteiger partial charge in [-0.3, -0.25) is 14.2 Å². The molecule has 2 N–H and O–H groups in total. The topological polar surface area (TPSA) is 79.5 Å². The van der Waals surface area contributed by atoms with E-state index in [2.05, 4.69) is 26.7 Å². The molecular weight excluding hydrogens is 348 g/mol. The molecule has 0 unspecified atom stereocenters. The first-order valence-corrected chi connectivity index (χ1v) is 9.06. The lowest BCUT2D eigenvalue weighted by Crippen LogP contribution is -2.26. The SMILES string of the molecule is O=C(NCCO)c1cccc(-c2cn3c(-c4ccsc4)cnc3cn2)c1. The van der Waals surface area contributed by atoms with Crippen LogP contribution in [0.4, 0.5) is 0 Å². The van der Waals surface area contributed by atoms with E-state index < -0.39 is 0 Å². The van der Waals surface area contributed by atoms with Crippen LogP contribution in [-0.2, 0) is 0 Å². The Bertz CT molecular complexity index is 1060. The molecule has 0 fully saturated rings. The van der Waals surface area contributed by atoms with Gasteiger partial charge in [-0.25, -0.2) is 4.98 Å². The molecule has 6 nitrogen and oxygen atoms in total. The Morgan fingerprint density at radius 2 is 2.12 bits per heavy atom. The lowest BCUT2D eigenvalue weighted by atomic mass is 10.1. The first-order valence-electron chi connectivity index (χ1n) is 8.11. The summed E-state index contributed by atoms with van der Waals surface area (Å²) in [5, 5.41) is 15.6. The van der Waals surface area contributed by atoms with Gasteiger partial charge in [0.05, 0.1) is 30.4 Å². The number of aromatic nitrogens is 3. The minimum atomic E-state index is -0.219. The Labute approximate surface area is 153 Å². The van der Waals surface area contributed by atoms with Gasteiger partial charge in [-0.1, -0.05) is 12.1 Å². The summed E-state index contributed by atoms with van der Waals surface area (Å²) in [6, 6.07) is 9.33. The van der Waals surface area contributed by atoms with Crippen molar-refractivity contribution in [2.45, 2.75) is 0 Å². The van der Waals surface area contributed by atoms with Crippen molar-refractivity contribution in [2.24, 2.45) is 0 Å². The molecule has 7 heteroatoms. The lowest BCUT2D eigenvalue weighted by molar-refractivity contribution is 0.0945. The number of hydrogen-bond acceptors (Lipinski definition) is 5. The molecule has 0 saturated heterocycles. The Hall–Kier alpha value is -3.03. The molecule has 0 aliphatic carbocycles. The van der Waals surface area contributed by atoms with Crippen LogP contribution in [0.5, 0.6) is 0 Å². The monoisotopic (exact) mass is 364 g/mol. The van der Waals surface area contributed by atoms with Crippen LogP contribution in [0.15, 0.2) is 59.7 Å². The third-order valence-corrected chi connectivity index (χ3v) is 4.71. The van der Waals surface area contributed by atoms with E-state index in [4.69, 9.17) is 5.11 Å². The predicted molar refractivity (Wildman–Crippen MR) is 101 cm³/mol. The van der Waals surface area contributed by atoms with Crippen LogP contribution in [0.2, 0.25) is 0 Å². The van der Waals surface area contributed by atoms with Crippen LogP contribution in [0.3, 0.4) is 0 Å². The molecule has 1 amide bonds. The molecule has 4 aromatic rings. The molecule has 3 aromatic heterocycles. The van der Waals surface area contributed by atoms with Gasteiger partial charge in [-0.15, -0.1) is 0 Å². The molecule has 0 spiro atoms. The van der Waals surface area contributed by atoms with Crippen molar-refractivity contribution >= 4 is 22.9 Å². The van der Waals surface area contributed by atoms with Crippen LogP contribution in [0.25, 0.3) is 28.2 Å². The minimum Gasteiger partial charge on any atom is -0.395 e. The maximum absolute atomic E-state index is 12.1. The fraction of sp³-hybridized carbons (Fsp3) is 0.105. The van der Waals surface area contributed by atoms with E-state index in [0.717, 1.165) is 28.2 Å². The standard InChI is InChI=1S/C19H16N4O2S/c24-6-5-20-19(25)14-3-1-2-13(8-14)16-11-23-17(15-4-7-26-12-15)9-22-18(23)10-21-16/h1-4,7-12,24H,5-6H2,(H,20,25). The number of amides is 1. The number of nitrogens with zero attached hydrogens (tertiary/aromatic N) is 3. The zero-order valence-electron chi connectivity index (χ0n) is 13.8. The van der Waals surface area contributed by atoms with E-state index in [1.807, 2.05) is 34.3 Å². The Kier molecular flexibility index (Phi) is 4.47. The molecule has 130 valence electrons. The van der Waals surface area contributed by atoms with Gasteiger partial charge >= 0.3 is 0 Å². The highest BCUT2D eigenvalue weighted by atomic mass is 32.1. The van der Waals surface area contributed by atoms with Crippen molar-refractivity contribution in [3.8, 4) is 22.5 Å². The van der Waals surface area contributed by atoms with Crippen molar-refractivity contribution < 1.29 is 9.90 Å². The summed E-state index contributed by atoms with van der Waals surface area (Å²) in [5.74, 6) is -0.219. The van der Waals surface area contributed by atoms with Gasteiger partial charge in [0.15, 0.2) is 5.65 Å². The smallest absolute Gasteiger partial charge is 0.251 e. The van der Waals surface area contributed by atoms with E-state index in [9.17, 15) is 4.79 Å². The van der Waals surface area contributed by atoms with Crippen molar-refractivity contribution in [2.75, 3.05) is 13.2 Å². The highest BCUT2D eigenvalue weighted by molar-refractivity contribution is 7.08. The number of thiophene rings is 1. The largest absolute Gasteiger partial charge is 0.395 e. The number of aliphatic hydroxyl groups excluding tert-OH is 1. The summed E-state index contributed by atoms with van der Waals surface area (Å²) < 4.78 is 2.00. The number of nitrogens with one attached hydrogen (secondary N) is 1. The minimum absolute atomic E-state index is 0.0877. The third-order valence-electron chi connectivity index (χ3n) is 4.03. The fourth-order valence-corrected chi connectivity index (χ4v) is 3.40. The Morgan fingerprint density at radius 1 is 1.19 bits per heavy atom. The number of fused-ring (bicyclic) bond motifs is 1. The van der Waals surface area contributed by atoms with Crippen molar-refractivity contribution in [1.29, 1.82) is 0 Å². The first kappa shape index (κ1) is 16.4. The number of imidazole rings is 1. The average Bonchev–Trinajstić information content (AvgIpc) is 3.35. The van der Waals surface area contributed by atoms with Gasteiger partial charge in [0.25, 0.3) is 5.91 Å². The van der Waals surface area contributed by atoms with E-state index >= 15 is 0 Å². The maximum atomic E-state index is 12.1. The summed E-state index contributed by atoms with van der Waals surface area (Å²) in [4.78, 5) is 21.0. The van der Waals surface area contributed by atoms with Crippen molar-refractivity contribution in [1.82, 2.24) is 19.7 Å². The zero-order chi connectivity index (χ0) is 17.9. The highest BCUT2D eigenvalue weighted by Gasteiger charge is 2.11. The second-order valence-corrected chi connectivity index (χ2v) is 6.50. The fourth-order valence-electron chi connectivity index (χ4n) is 2.75. The zero-order valence-corrected chi connectivity index (χ0v) is 14.6. The summed E-state index contributed by atoms with van der Waals surface area (Å²) >= 11 is 1.64. The average molecular weight is 364 g/mol. The summed E-state index contributed by atoms with van der Waals surface area (Å²) in [5.41, 5.74) is 5.00. The van der Waals surface area contributed by atoms with E-state index in [-0.39, 0.29) is 19.1 Å². The highest BCUT2D eigenvalue weighted by Crippen LogP contribution is 2.25. The molecule has 3 heterocycles. The first-order chi connectivity index (χ1) is 12.8. The molecular formula is C19H16N4O2S. The van der Waals surface area contributed by atoms with E-state index in [0.29, 0.717) is 5.56 Å². The predicted octanol–water partition coefficient (Wildman–Crippen LogP) is 2.85. The van der Waals surface area contributed by atoms with Gasteiger partial charge in [-0.05, 0) is 23.6 Å².